The molecule has 2 heteroatoms. The molecule has 0 N–H and O–H groups in total. The van der Waals surface area contributed by atoms with Gasteiger partial charge in [-0.05, 0) is 26.3 Å². The summed E-state index contributed by atoms with van der Waals surface area (Å²) in [4.78, 5) is 20.2. The fraction of sp³-hybridized carbons (Fsp3) is 0.600. The molecule has 0 fully saturated rings. The normalized spacial score (nSPS) is 8.50. The Morgan fingerprint density at radius 1 is 1.08 bits per heavy atom. The summed E-state index contributed by atoms with van der Waals surface area (Å²) in [6.07, 6.45) is 0. The second kappa shape index (κ2) is 6.77. The number of ketones is 2. The Bertz CT molecular complexity index is 166. The van der Waals surface area contributed by atoms with Gasteiger partial charge in [0.2, 0.25) is 0 Å². The zero-order valence-corrected chi connectivity index (χ0v) is 8.60. The lowest BCUT2D eigenvalue weighted by Gasteiger charge is -1.90. The molecule has 0 heterocycles. The molecule has 0 saturated carbocycles. The van der Waals surface area contributed by atoms with Crippen LogP contribution in [0.15, 0.2) is 12.2 Å². The fourth-order valence-corrected chi connectivity index (χ4v) is 0. The van der Waals surface area contributed by atoms with E-state index in [0.29, 0.717) is 5.57 Å². The van der Waals surface area contributed by atoms with Gasteiger partial charge < -0.3 is 0 Å². The van der Waals surface area contributed by atoms with E-state index < -0.39 is 0 Å². The van der Waals surface area contributed by atoms with Gasteiger partial charge in [0, 0.05) is 5.92 Å². The van der Waals surface area contributed by atoms with Crippen LogP contribution >= 0.6 is 0 Å². The van der Waals surface area contributed by atoms with E-state index in [2.05, 4.69) is 6.58 Å². The highest BCUT2D eigenvalue weighted by atomic mass is 16.1. The molecular formula is C10H18O2. The van der Waals surface area contributed by atoms with Crippen molar-refractivity contribution in [3.63, 3.8) is 0 Å². The molecule has 70 valence electrons. The second-order valence-electron chi connectivity index (χ2n) is 3.10. The Balaban J connectivity index is 0. The summed E-state index contributed by atoms with van der Waals surface area (Å²) in [7, 11) is 0. The van der Waals surface area contributed by atoms with Crippen LogP contribution in [0.25, 0.3) is 0 Å². The zero-order valence-electron chi connectivity index (χ0n) is 8.60. The lowest BCUT2D eigenvalue weighted by molar-refractivity contribution is -0.119. The van der Waals surface area contributed by atoms with Gasteiger partial charge in [-0.1, -0.05) is 20.4 Å². The minimum atomic E-state index is 0.0648. The lowest BCUT2D eigenvalue weighted by Crippen LogP contribution is -1.98. The van der Waals surface area contributed by atoms with Crippen LogP contribution < -0.4 is 0 Å². The van der Waals surface area contributed by atoms with E-state index in [0.717, 1.165) is 0 Å². The molecule has 0 aliphatic carbocycles. The maximum absolute atomic E-state index is 10.1. The Kier molecular flexibility index (Phi) is 7.70. The Morgan fingerprint density at radius 3 is 1.25 bits per heavy atom. The number of carbonyl (C=O) groups is 2. The molecule has 0 rings (SSSR count). The van der Waals surface area contributed by atoms with E-state index in [1.54, 1.807) is 13.8 Å². The fourth-order valence-electron chi connectivity index (χ4n) is 0. The zero-order chi connectivity index (χ0) is 10.3. The topological polar surface area (TPSA) is 34.1 Å². The van der Waals surface area contributed by atoms with Gasteiger partial charge in [0.05, 0.1) is 0 Å². The van der Waals surface area contributed by atoms with E-state index in [-0.39, 0.29) is 17.5 Å². The monoisotopic (exact) mass is 170 g/mol. The van der Waals surface area contributed by atoms with Crippen LogP contribution in [0, 0.1) is 5.92 Å². The van der Waals surface area contributed by atoms with Gasteiger partial charge in [0.25, 0.3) is 0 Å². The van der Waals surface area contributed by atoms with Crippen LogP contribution in [0.1, 0.15) is 34.6 Å². The second-order valence-corrected chi connectivity index (χ2v) is 3.10. The summed E-state index contributed by atoms with van der Waals surface area (Å²) in [5.74, 6) is 0.537. The molecular weight excluding hydrogens is 152 g/mol. The van der Waals surface area contributed by atoms with Crippen LogP contribution in [0.2, 0.25) is 0 Å². The first-order chi connectivity index (χ1) is 5.29. The smallest absolute Gasteiger partial charge is 0.154 e. The summed E-state index contributed by atoms with van der Waals surface area (Å²) >= 11 is 0. The molecule has 0 aliphatic rings. The molecule has 0 unspecified atom stereocenters. The van der Waals surface area contributed by atoms with Crippen LogP contribution in [-0.2, 0) is 9.59 Å². The summed E-state index contributed by atoms with van der Waals surface area (Å²) in [5, 5.41) is 0. The Morgan fingerprint density at radius 2 is 1.25 bits per heavy atom. The molecule has 0 aromatic rings. The predicted molar refractivity (Wildman–Crippen MR) is 51.0 cm³/mol. The minimum Gasteiger partial charge on any atom is -0.300 e. The number of hydrogen-bond acceptors (Lipinski definition) is 2. The summed E-state index contributed by atoms with van der Waals surface area (Å²) in [6, 6.07) is 0. The lowest BCUT2D eigenvalue weighted by atomic mass is 10.1. The molecule has 0 spiro atoms. The van der Waals surface area contributed by atoms with Crippen LogP contribution in [0.5, 0.6) is 0 Å². The van der Waals surface area contributed by atoms with Crippen molar-refractivity contribution < 1.29 is 9.59 Å². The average molecular weight is 170 g/mol. The number of allylic oxidation sites excluding steroid dienone is 1. The van der Waals surface area contributed by atoms with Crippen molar-refractivity contribution in [1.29, 1.82) is 0 Å². The molecule has 0 aromatic carbocycles. The van der Waals surface area contributed by atoms with E-state index in [4.69, 9.17) is 0 Å². The Labute approximate surface area is 74.7 Å². The first-order valence-corrected chi connectivity index (χ1v) is 3.96. The van der Waals surface area contributed by atoms with E-state index >= 15 is 0 Å². The number of carbonyl (C=O) groups excluding carboxylic acids is 2. The quantitative estimate of drug-likeness (QED) is 0.596. The molecule has 0 amide bonds. The van der Waals surface area contributed by atoms with Gasteiger partial charge in [-0.25, -0.2) is 0 Å². The highest BCUT2D eigenvalue weighted by Gasteiger charge is 1.95. The van der Waals surface area contributed by atoms with Crippen LogP contribution in [-0.4, -0.2) is 11.6 Å². The maximum atomic E-state index is 10.1. The van der Waals surface area contributed by atoms with Gasteiger partial charge >= 0.3 is 0 Å². The Hall–Kier alpha value is -0.920. The number of Topliss-reactive ketones (excluding diaryl/α,β-unsaturated/α-hetero) is 2. The van der Waals surface area contributed by atoms with Gasteiger partial charge in [0.1, 0.15) is 5.78 Å². The van der Waals surface area contributed by atoms with Gasteiger partial charge in [-0.15, -0.1) is 0 Å². The minimum absolute atomic E-state index is 0.0648. The van der Waals surface area contributed by atoms with Crippen molar-refractivity contribution >= 4 is 11.6 Å². The third-order valence-corrected chi connectivity index (χ3v) is 1.41. The first kappa shape index (κ1) is 13.7. The van der Waals surface area contributed by atoms with Crippen molar-refractivity contribution in [3.05, 3.63) is 12.2 Å². The van der Waals surface area contributed by atoms with E-state index in [1.807, 2.05) is 13.8 Å². The van der Waals surface area contributed by atoms with Gasteiger partial charge in [-0.2, -0.15) is 0 Å². The third-order valence-electron chi connectivity index (χ3n) is 1.41. The third kappa shape index (κ3) is 11.8. The average Bonchev–Trinajstić information content (AvgIpc) is 1.88. The van der Waals surface area contributed by atoms with E-state index in [1.165, 1.54) is 6.92 Å². The largest absolute Gasteiger partial charge is 0.300 e. The highest BCUT2D eigenvalue weighted by Crippen LogP contribution is 1.89. The molecule has 0 atom stereocenters. The standard InChI is InChI=1S/C5H10O.C5H8O/c2*1-4(2)5(3)6/h4H,1-3H3;1H2,2-3H3. The molecule has 0 bridgehead atoms. The number of rotatable bonds is 2. The molecule has 12 heavy (non-hydrogen) atoms. The predicted octanol–water partition coefficient (Wildman–Crippen LogP) is 2.38. The molecule has 0 saturated heterocycles. The van der Waals surface area contributed by atoms with Crippen LogP contribution in [0.3, 0.4) is 0 Å². The first-order valence-electron chi connectivity index (χ1n) is 3.96. The summed E-state index contributed by atoms with van der Waals surface area (Å²) < 4.78 is 0. The van der Waals surface area contributed by atoms with Gasteiger partial charge in [-0.3, -0.25) is 9.59 Å². The maximum Gasteiger partial charge on any atom is 0.154 e. The summed E-state index contributed by atoms with van der Waals surface area (Å²) in [5.41, 5.74) is 0.620. The van der Waals surface area contributed by atoms with Crippen molar-refractivity contribution in [2.24, 2.45) is 5.92 Å². The highest BCUT2D eigenvalue weighted by molar-refractivity contribution is 5.91. The molecule has 0 aromatic heterocycles. The van der Waals surface area contributed by atoms with Crippen molar-refractivity contribution in [2.75, 3.05) is 0 Å². The summed E-state index contributed by atoms with van der Waals surface area (Å²) in [6.45, 7) is 12.0. The molecule has 2 nitrogen and oxygen atoms in total. The van der Waals surface area contributed by atoms with Gasteiger partial charge in [0.15, 0.2) is 5.78 Å². The van der Waals surface area contributed by atoms with Crippen molar-refractivity contribution in [2.45, 2.75) is 34.6 Å². The number of hydrogen-bond donors (Lipinski definition) is 0. The van der Waals surface area contributed by atoms with Crippen molar-refractivity contribution in [1.82, 2.24) is 0 Å². The van der Waals surface area contributed by atoms with Crippen molar-refractivity contribution in [3.8, 4) is 0 Å². The molecule has 0 radical (unpaired) electrons. The van der Waals surface area contributed by atoms with E-state index in [9.17, 15) is 9.59 Å². The molecule has 0 aliphatic heterocycles. The SMILES string of the molecule is C=C(C)C(C)=O.CC(=O)C(C)C. The van der Waals surface area contributed by atoms with Crippen LogP contribution in [0.4, 0.5) is 0 Å².